The maximum Gasteiger partial charge on any atom is 0.115 e. The summed E-state index contributed by atoms with van der Waals surface area (Å²) in [6.07, 6.45) is 10.4. The van der Waals surface area contributed by atoms with E-state index in [0.29, 0.717) is 11.7 Å². The summed E-state index contributed by atoms with van der Waals surface area (Å²) in [6, 6.07) is 7.85. The Morgan fingerprint density at radius 3 is 2.06 bits per heavy atom. The summed E-state index contributed by atoms with van der Waals surface area (Å²) in [4.78, 5) is 0. The Morgan fingerprint density at radius 1 is 0.944 bits per heavy atom. The van der Waals surface area contributed by atoms with Crippen LogP contribution in [0.5, 0.6) is 5.75 Å². The van der Waals surface area contributed by atoms with E-state index in [1.54, 1.807) is 6.07 Å². The number of benzene rings is 1. The van der Waals surface area contributed by atoms with E-state index in [1.807, 2.05) is 12.1 Å². The maximum absolute atomic E-state index is 9.61. The van der Waals surface area contributed by atoms with Gasteiger partial charge in [0.25, 0.3) is 0 Å². The van der Waals surface area contributed by atoms with Gasteiger partial charge in [0, 0.05) is 0 Å². The Morgan fingerprint density at radius 2 is 1.56 bits per heavy atom. The smallest absolute Gasteiger partial charge is 0.115 e. The lowest BCUT2D eigenvalue weighted by Gasteiger charge is -2.17. The van der Waals surface area contributed by atoms with Crippen molar-refractivity contribution >= 4 is 0 Å². The molecule has 0 fully saturated rings. The Hall–Kier alpha value is -0.980. The lowest BCUT2D eigenvalue weighted by molar-refractivity contribution is 0.468. The van der Waals surface area contributed by atoms with Gasteiger partial charge in [-0.3, -0.25) is 0 Å². The predicted octanol–water partition coefficient (Wildman–Crippen LogP) is 5.64. The van der Waals surface area contributed by atoms with Crippen molar-refractivity contribution in [2.75, 3.05) is 0 Å². The Labute approximate surface area is 112 Å². The number of unbranched alkanes of at least 4 members (excludes halogenated alkanes) is 4. The average Bonchev–Trinajstić information content (AvgIpc) is 2.37. The van der Waals surface area contributed by atoms with E-state index in [1.165, 1.54) is 56.9 Å². The number of rotatable bonds is 9. The minimum absolute atomic E-state index is 0.406. The first kappa shape index (κ1) is 15.1. The molecule has 102 valence electrons. The molecule has 1 heteroatoms. The topological polar surface area (TPSA) is 20.2 Å². The summed E-state index contributed by atoms with van der Waals surface area (Å²) in [5.41, 5.74) is 1.32. The first-order valence-corrected chi connectivity index (χ1v) is 7.56. The highest BCUT2D eigenvalue weighted by Crippen LogP contribution is 2.30. The zero-order valence-electron chi connectivity index (χ0n) is 12.0. The van der Waals surface area contributed by atoms with Crippen LogP contribution in [0.4, 0.5) is 0 Å². The van der Waals surface area contributed by atoms with Crippen LogP contribution < -0.4 is 0 Å². The number of hydrogen-bond donors (Lipinski definition) is 1. The van der Waals surface area contributed by atoms with Crippen LogP contribution in [0.25, 0.3) is 0 Å². The van der Waals surface area contributed by atoms with Gasteiger partial charge in [-0.25, -0.2) is 0 Å². The highest BCUT2D eigenvalue weighted by Gasteiger charge is 2.11. The van der Waals surface area contributed by atoms with Gasteiger partial charge in [-0.15, -0.1) is 0 Å². The summed E-state index contributed by atoms with van der Waals surface area (Å²) in [6.45, 7) is 4.50. The molecule has 1 nitrogen and oxygen atoms in total. The largest absolute Gasteiger partial charge is 0.508 e. The molecule has 0 saturated carbocycles. The van der Waals surface area contributed by atoms with E-state index in [2.05, 4.69) is 19.9 Å². The van der Waals surface area contributed by atoms with E-state index in [4.69, 9.17) is 0 Å². The van der Waals surface area contributed by atoms with Crippen molar-refractivity contribution < 1.29 is 5.11 Å². The molecule has 0 saturated heterocycles. The van der Waals surface area contributed by atoms with Crippen LogP contribution >= 0.6 is 0 Å². The van der Waals surface area contributed by atoms with Gasteiger partial charge in [-0.05, 0) is 36.5 Å². The zero-order chi connectivity index (χ0) is 13.2. The summed E-state index contributed by atoms with van der Waals surface area (Å²) < 4.78 is 0. The predicted molar refractivity (Wildman–Crippen MR) is 79.1 cm³/mol. The lowest BCUT2D eigenvalue weighted by atomic mass is 9.88. The van der Waals surface area contributed by atoms with Crippen LogP contribution in [0, 0.1) is 0 Å². The fourth-order valence-corrected chi connectivity index (χ4v) is 2.54. The fraction of sp³-hybridized carbons (Fsp3) is 0.647. The third-order valence-electron chi connectivity index (χ3n) is 3.65. The lowest BCUT2D eigenvalue weighted by Crippen LogP contribution is -1.99. The van der Waals surface area contributed by atoms with E-state index in [0.717, 1.165) is 0 Å². The Balaban J connectivity index is 2.57. The van der Waals surface area contributed by atoms with Gasteiger partial charge in [0.1, 0.15) is 5.75 Å². The van der Waals surface area contributed by atoms with Gasteiger partial charge in [0.15, 0.2) is 0 Å². The molecule has 0 aliphatic heterocycles. The first-order chi connectivity index (χ1) is 8.77. The van der Waals surface area contributed by atoms with Crippen molar-refractivity contribution in [3.05, 3.63) is 29.8 Å². The Bertz CT molecular complexity index is 309. The molecule has 0 amide bonds. The molecule has 0 aromatic heterocycles. The second-order valence-electron chi connectivity index (χ2n) is 5.28. The van der Waals surface area contributed by atoms with Gasteiger partial charge < -0.3 is 5.11 Å². The van der Waals surface area contributed by atoms with Gasteiger partial charge in [0.05, 0.1) is 0 Å². The minimum atomic E-state index is 0.406. The highest BCUT2D eigenvalue weighted by molar-refractivity contribution is 5.29. The van der Waals surface area contributed by atoms with Gasteiger partial charge in [-0.2, -0.15) is 0 Å². The molecule has 0 spiro atoms. The second-order valence-corrected chi connectivity index (χ2v) is 5.28. The standard InChI is InChI=1S/C17H28O/c1-3-5-7-10-15(11-8-6-4-2)16-12-9-13-17(18)14-16/h9,12-15,18H,3-8,10-11H2,1-2H3. The number of hydrogen-bond acceptors (Lipinski definition) is 1. The fourth-order valence-electron chi connectivity index (χ4n) is 2.54. The second kappa shape index (κ2) is 9.02. The van der Waals surface area contributed by atoms with Crippen LogP contribution in [0.2, 0.25) is 0 Å². The van der Waals surface area contributed by atoms with E-state index in [-0.39, 0.29) is 0 Å². The highest BCUT2D eigenvalue weighted by atomic mass is 16.3. The normalized spacial score (nSPS) is 11.1. The van der Waals surface area contributed by atoms with Crippen LogP contribution in [-0.4, -0.2) is 5.11 Å². The zero-order valence-corrected chi connectivity index (χ0v) is 12.0. The molecule has 1 aromatic carbocycles. The van der Waals surface area contributed by atoms with E-state index in [9.17, 15) is 5.11 Å². The Kier molecular flexibility index (Phi) is 7.55. The molecule has 1 rings (SSSR count). The van der Waals surface area contributed by atoms with Gasteiger partial charge >= 0.3 is 0 Å². The van der Waals surface area contributed by atoms with Crippen LogP contribution in [0.1, 0.15) is 76.7 Å². The molecular weight excluding hydrogens is 220 g/mol. The van der Waals surface area contributed by atoms with Crippen molar-refractivity contribution in [1.82, 2.24) is 0 Å². The van der Waals surface area contributed by atoms with Crippen molar-refractivity contribution in [2.24, 2.45) is 0 Å². The van der Waals surface area contributed by atoms with Crippen molar-refractivity contribution in [3.63, 3.8) is 0 Å². The number of aromatic hydroxyl groups is 1. The van der Waals surface area contributed by atoms with Gasteiger partial charge in [-0.1, -0.05) is 64.5 Å². The van der Waals surface area contributed by atoms with Gasteiger partial charge in [0.2, 0.25) is 0 Å². The molecule has 0 aliphatic rings. The van der Waals surface area contributed by atoms with Crippen LogP contribution in [0.15, 0.2) is 24.3 Å². The maximum atomic E-state index is 9.61. The van der Waals surface area contributed by atoms with Crippen LogP contribution in [-0.2, 0) is 0 Å². The minimum Gasteiger partial charge on any atom is -0.508 e. The molecule has 0 atom stereocenters. The number of phenols is 1. The third kappa shape index (κ3) is 5.57. The molecule has 0 unspecified atom stereocenters. The quantitative estimate of drug-likeness (QED) is 0.561. The average molecular weight is 248 g/mol. The molecule has 0 bridgehead atoms. The molecule has 0 heterocycles. The molecule has 1 N–H and O–H groups in total. The summed E-state index contributed by atoms with van der Waals surface area (Å²) in [5.74, 6) is 1.04. The SMILES string of the molecule is CCCCCC(CCCCC)c1cccc(O)c1. The van der Waals surface area contributed by atoms with Crippen LogP contribution in [0.3, 0.4) is 0 Å². The summed E-state index contributed by atoms with van der Waals surface area (Å²) in [5, 5.41) is 9.61. The molecule has 1 aromatic rings. The first-order valence-electron chi connectivity index (χ1n) is 7.56. The van der Waals surface area contributed by atoms with E-state index < -0.39 is 0 Å². The number of phenolic OH excluding ortho intramolecular Hbond substituents is 1. The monoisotopic (exact) mass is 248 g/mol. The summed E-state index contributed by atoms with van der Waals surface area (Å²) in [7, 11) is 0. The van der Waals surface area contributed by atoms with Crippen molar-refractivity contribution in [1.29, 1.82) is 0 Å². The molecule has 0 radical (unpaired) electrons. The van der Waals surface area contributed by atoms with Crippen molar-refractivity contribution in [2.45, 2.75) is 71.1 Å². The molecule has 0 aliphatic carbocycles. The van der Waals surface area contributed by atoms with Crippen molar-refractivity contribution in [3.8, 4) is 5.75 Å². The third-order valence-corrected chi connectivity index (χ3v) is 3.65. The van der Waals surface area contributed by atoms with E-state index >= 15 is 0 Å². The summed E-state index contributed by atoms with van der Waals surface area (Å²) >= 11 is 0. The molecular formula is C17H28O. The molecule has 18 heavy (non-hydrogen) atoms.